The predicted molar refractivity (Wildman–Crippen MR) is 114 cm³/mol. The third-order valence-electron chi connectivity index (χ3n) is 7.28. The Hall–Kier alpha value is -1.93. The van der Waals surface area contributed by atoms with E-state index >= 15 is 0 Å². The summed E-state index contributed by atoms with van der Waals surface area (Å²) in [5, 5.41) is 0. The maximum absolute atomic E-state index is 13.3. The maximum Gasteiger partial charge on any atom is 0.324 e. The highest BCUT2D eigenvalue weighted by Crippen LogP contribution is 2.60. The Morgan fingerprint density at radius 2 is 1.52 bits per heavy atom. The van der Waals surface area contributed by atoms with Gasteiger partial charge in [0.15, 0.2) is 11.9 Å². The number of nitrogens with one attached hydrogen (secondary N) is 1. The topological polar surface area (TPSA) is 98.8 Å². The monoisotopic (exact) mass is 449 g/mol. The van der Waals surface area contributed by atoms with Crippen LogP contribution in [0.4, 0.5) is 0 Å². The van der Waals surface area contributed by atoms with Gasteiger partial charge in [0, 0.05) is 5.41 Å². The molecule has 170 valence electrons. The van der Waals surface area contributed by atoms with Crippen molar-refractivity contribution in [1.82, 2.24) is 4.72 Å². The number of carbonyl (C=O) groups is 2. The molecule has 1 aromatic carbocycles. The van der Waals surface area contributed by atoms with Crippen molar-refractivity contribution in [3.05, 3.63) is 24.3 Å². The van der Waals surface area contributed by atoms with Crippen LogP contribution in [-0.4, -0.2) is 39.4 Å². The van der Waals surface area contributed by atoms with Gasteiger partial charge in [0.25, 0.3) is 0 Å². The normalized spacial score (nSPS) is 31.1. The van der Waals surface area contributed by atoms with Crippen molar-refractivity contribution < 1.29 is 27.5 Å². The first kappa shape index (κ1) is 22.3. The second-order valence-electron chi connectivity index (χ2n) is 9.66. The zero-order chi connectivity index (χ0) is 22.4. The van der Waals surface area contributed by atoms with E-state index in [9.17, 15) is 18.0 Å². The quantitative estimate of drug-likeness (QED) is 0.613. The van der Waals surface area contributed by atoms with Crippen LogP contribution in [0.15, 0.2) is 29.2 Å². The highest BCUT2D eigenvalue weighted by Gasteiger charge is 2.55. The smallest absolute Gasteiger partial charge is 0.324 e. The van der Waals surface area contributed by atoms with Crippen molar-refractivity contribution in [2.45, 2.75) is 69.4 Å². The minimum absolute atomic E-state index is 0.00478. The lowest BCUT2D eigenvalue weighted by Crippen LogP contribution is -2.53. The highest BCUT2D eigenvalue weighted by atomic mass is 32.2. The molecule has 0 aromatic heterocycles. The van der Waals surface area contributed by atoms with Crippen LogP contribution in [0.1, 0.15) is 52.4 Å². The fourth-order valence-electron chi connectivity index (χ4n) is 6.28. The van der Waals surface area contributed by atoms with Crippen LogP contribution < -0.4 is 9.46 Å². The number of ketones is 1. The van der Waals surface area contributed by atoms with Crippen LogP contribution in [0, 0.1) is 23.2 Å². The van der Waals surface area contributed by atoms with Crippen LogP contribution in [0.5, 0.6) is 5.75 Å². The number of sulfonamides is 1. The Labute approximate surface area is 183 Å². The van der Waals surface area contributed by atoms with Gasteiger partial charge in [-0.05, 0) is 94.4 Å². The van der Waals surface area contributed by atoms with Crippen LogP contribution in [0.3, 0.4) is 0 Å². The van der Waals surface area contributed by atoms with Crippen molar-refractivity contribution in [2.24, 2.45) is 23.2 Å². The number of methoxy groups -OCH3 is 1. The lowest BCUT2D eigenvalue weighted by Gasteiger charge is -2.56. The Balaban J connectivity index is 1.37. The van der Waals surface area contributed by atoms with Gasteiger partial charge in [-0.15, -0.1) is 0 Å². The number of rotatable bonds is 8. The minimum Gasteiger partial charge on any atom is -0.497 e. The molecule has 0 aliphatic heterocycles. The van der Waals surface area contributed by atoms with Crippen molar-refractivity contribution in [3.8, 4) is 5.75 Å². The lowest BCUT2D eigenvalue weighted by atomic mass is 9.48. The van der Waals surface area contributed by atoms with Crippen molar-refractivity contribution in [2.75, 3.05) is 7.11 Å². The van der Waals surface area contributed by atoms with Crippen LogP contribution in [-0.2, 0) is 24.3 Å². The standard InChI is InChI=1S/C23H31NO6S/c1-14(24-31(27,28)20-6-4-19(29-3)5-7-20)22(26)30-15(2)21(25)23-11-16-8-17(12-23)10-18(9-16)13-23/h4-7,14-18,24H,8-13H2,1-3H3. The van der Waals surface area contributed by atoms with E-state index in [1.807, 2.05) is 0 Å². The van der Waals surface area contributed by atoms with E-state index in [-0.39, 0.29) is 16.1 Å². The van der Waals surface area contributed by atoms with E-state index in [4.69, 9.17) is 9.47 Å². The molecule has 4 fully saturated rings. The average molecular weight is 450 g/mol. The zero-order valence-electron chi connectivity index (χ0n) is 18.3. The van der Waals surface area contributed by atoms with Gasteiger partial charge >= 0.3 is 5.97 Å². The summed E-state index contributed by atoms with van der Waals surface area (Å²) >= 11 is 0. The molecular formula is C23H31NO6S. The number of Topliss-reactive ketones (excluding diaryl/α,β-unsaturated/α-hetero) is 1. The summed E-state index contributed by atoms with van der Waals surface area (Å²) in [6.45, 7) is 3.04. The molecule has 1 N–H and O–H groups in total. The molecule has 0 heterocycles. The van der Waals surface area contributed by atoms with E-state index in [1.54, 1.807) is 6.92 Å². The van der Waals surface area contributed by atoms with Crippen molar-refractivity contribution in [3.63, 3.8) is 0 Å². The molecule has 5 rings (SSSR count). The Morgan fingerprint density at radius 1 is 1.00 bits per heavy atom. The fraction of sp³-hybridized carbons (Fsp3) is 0.652. The summed E-state index contributed by atoms with van der Waals surface area (Å²) < 4.78 is 38.0. The van der Waals surface area contributed by atoms with Gasteiger partial charge in [-0.1, -0.05) is 0 Å². The summed E-state index contributed by atoms with van der Waals surface area (Å²) in [6.07, 6.45) is 5.51. The summed E-state index contributed by atoms with van der Waals surface area (Å²) in [4.78, 5) is 25.9. The van der Waals surface area contributed by atoms with Crippen LogP contribution >= 0.6 is 0 Å². The molecule has 4 aliphatic rings. The summed E-state index contributed by atoms with van der Waals surface area (Å²) in [7, 11) is -2.42. The largest absolute Gasteiger partial charge is 0.497 e. The zero-order valence-corrected chi connectivity index (χ0v) is 19.1. The molecular weight excluding hydrogens is 418 g/mol. The molecule has 4 aliphatic carbocycles. The summed E-state index contributed by atoms with van der Waals surface area (Å²) in [5.41, 5.74) is -0.361. The second kappa shape index (κ2) is 8.20. The molecule has 2 atom stereocenters. The maximum atomic E-state index is 13.3. The Morgan fingerprint density at radius 3 is 2.00 bits per heavy atom. The first-order chi connectivity index (χ1) is 14.6. The highest BCUT2D eigenvalue weighted by molar-refractivity contribution is 7.89. The van der Waals surface area contributed by atoms with Gasteiger partial charge in [-0.25, -0.2) is 8.42 Å². The molecule has 2 unspecified atom stereocenters. The number of hydrogen-bond acceptors (Lipinski definition) is 6. The third kappa shape index (κ3) is 4.37. The van der Waals surface area contributed by atoms with Gasteiger partial charge in [0.05, 0.1) is 12.0 Å². The molecule has 31 heavy (non-hydrogen) atoms. The number of esters is 1. The SMILES string of the molecule is COc1ccc(S(=O)(=O)NC(C)C(=O)OC(C)C(=O)C23CC4CC(CC(C4)C2)C3)cc1. The minimum atomic E-state index is -3.91. The van der Waals surface area contributed by atoms with E-state index in [0.29, 0.717) is 23.5 Å². The Bertz CT molecular complexity index is 919. The van der Waals surface area contributed by atoms with Gasteiger partial charge in [0.1, 0.15) is 11.8 Å². The Kier molecular flexibility index (Phi) is 5.89. The molecule has 1 aromatic rings. The van der Waals surface area contributed by atoms with Gasteiger partial charge < -0.3 is 9.47 Å². The molecule has 4 bridgehead atoms. The van der Waals surface area contributed by atoms with E-state index in [2.05, 4.69) is 4.72 Å². The molecule has 0 radical (unpaired) electrons. The van der Waals surface area contributed by atoms with Crippen LogP contribution in [0.2, 0.25) is 0 Å². The predicted octanol–water partition coefficient (Wildman–Crippen LogP) is 3.08. The second-order valence-corrected chi connectivity index (χ2v) is 11.4. The summed E-state index contributed by atoms with van der Waals surface area (Å²) in [5.74, 6) is 1.64. The third-order valence-corrected chi connectivity index (χ3v) is 8.83. The van der Waals surface area contributed by atoms with E-state index < -0.39 is 28.1 Å². The number of hydrogen-bond donors (Lipinski definition) is 1. The van der Waals surface area contributed by atoms with Crippen molar-refractivity contribution >= 4 is 21.8 Å². The van der Waals surface area contributed by atoms with E-state index in [1.165, 1.54) is 57.6 Å². The summed E-state index contributed by atoms with van der Waals surface area (Å²) in [6, 6.07) is 4.75. The number of ether oxygens (including phenoxy) is 2. The van der Waals surface area contributed by atoms with Crippen molar-refractivity contribution in [1.29, 1.82) is 0 Å². The van der Waals surface area contributed by atoms with Gasteiger partial charge in [0.2, 0.25) is 10.0 Å². The molecule has 0 spiro atoms. The first-order valence-corrected chi connectivity index (χ1v) is 12.5. The lowest BCUT2D eigenvalue weighted by molar-refractivity contribution is -0.165. The molecule has 0 saturated heterocycles. The average Bonchev–Trinajstić information content (AvgIpc) is 2.71. The van der Waals surface area contributed by atoms with Gasteiger partial charge in [-0.3, -0.25) is 9.59 Å². The number of carbonyl (C=O) groups excluding carboxylic acids is 2. The fourth-order valence-corrected chi connectivity index (χ4v) is 7.47. The molecule has 7 nitrogen and oxygen atoms in total. The first-order valence-electron chi connectivity index (χ1n) is 11.0. The molecule has 0 amide bonds. The number of benzene rings is 1. The van der Waals surface area contributed by atoms with Crippen LogP contribution in [0.25, 0.3) is 0 Å². The van der Waals surface area contributed by atoms with Gasteiger partial charge in [-0.2, -0.15) is 4.72 Å². The van der Waals surface area contributed by atoms with E-state index in [0.717, 1.165) is 19.3 Å². The molecule has 4 saturated carbocycles. The molecule has 8 heteroatoms.